The lowest BCUT2D eigenvalue weighted by atomic mass is 10.4. The zero-order chi connectivity index (χ0) is 14.3. The first-order valence-corrected chi connectivity index (χ1v) is 6.26. The molecule has 0 atom stereocenters. The number of guanidine groups is 1. The van der Waals surface area contributed by atoms with Gasteiger partial charge in [0.05, 0.1) is 12.8 Å². The van der Waals surface area contributed by atoms with Crippen LogP contribution in [0.1, 0.15) is 12.7 Å². The van der Waals surface area contributed by atoms with Crippen LogP contribution in [0.2, 0.25) is 0 Å². The number of rotatable bonds is 5. The molecular weight excluding hydrogens is 371 g/mol. The van der Waals surface area contributed by atoms with E-state index in [-0.39, 0.29) is 36.4 Å². The summed E-state index contributed by atoms with van der Waals surface area (Å²) in [6.45, 7) is 3.48. The van der Waals surface area contributed by atoms with Crippen molar-refractivity contribution in [3.63, 3.8) is 0 Å². The number of nitrogens with one attached hydrogen (secondary N) is 1. The molecule has 114 valence electrons. The monoisotopic (exact) mass is 394 g/mol. The van der Waals surface area contributed by atoms with Gasteiger partial charge < -0.3 is 19.5 Å². The molecule has 0 unspecified atom stereocenters. The van der Waals surface area contributed by atoms with E-state index in [1.165, 1.54) is 4.90 Å². The molecule has 1 aromatic rings. The fraction of sp³-hybridized carbons (Fsp3) is 0.538. The molecule has 0 bridgehead atoms. The van der Waals surface area contributed by atoms with Crippen LogP contribution in [0.5, 0.6) is 0 Å². The van der Waals surface area contributed by atoms with Crippen molar-refractivity contribution in [2.45, 2.75) is 13.5 Å². The second kappa shape index (κ2) is 9.62. The summed E-state index contributed by atoms with van der Waals surface area (Å²) >= 11 is 0. The highest BCUT2D eigenvalue weighted by atomic mass is 127. The van der Waals surface area contributed by atoms with Crippen LogP contribution in [0, 0.1) is 0 Å². The third-order valence-electron chi connectivity index (χ3n) is 2.53. The minimum atomic E-state index is -0.0261. The van der Waals surface area contributed by atoms with Crippen LogP contribution in [-0.2, 0) is 11.3 Å². The van der Waals surface area contributed by atoms with Gasteiger partial charge >= 0.3 is 0 Å². The Morgan fingerprint density at radius 3 is 2.60 bits per heavy atom. The predicted molar refractivity (Wildman–Crippen MR) is 90.3 cm³/mol. The first kappa shape index (κ1) is 18.8. The van der Waals surface area contributed by atoms with E-state index in [0.29, 0.717) is 12.5 Å². The van der Waals surface area contributed by atoms with Crippen LogP contribution in [-0.4, -0.2) is 55.9 Å². The summed E-state index contributed by atoms with van der Waals surface area (Å²) in [5.74, 6) is 1.52. The van der Waals surface area contributed by atoms with Crippen molar-refractivity contribution in [1.82, 2.24) is 15.1 Å². The standard InChI is InChI=1S/C13H22N4O2.HI/c1-5-14-13(15-9-12(18)16(2)3)17(4)10-11-7-6-8-19-11;/h6-8H,5,9-10H2,1-4H3,(H,14,15);1H. The normalized spacial score (nSPS) is 10.7. The van der Waals surface area contributed by atoms with Crippen molar-refractivity contribution < 1.29 is 9.21 Å². The number of furan rings is 1. The van der Waals surface area contributed by atoms with Crippen LogP contribution in [0.25, 0.3) is 0 Å². The maximum atomic E-state index is 11.5. The average molecular weight is 394 g/mol. The molecule has 1 heterocycles. The highest BCUT2D eigenvalue weighted by Crippen LogP contribution is 2.03. The fourth-order valence-corrected chi connectivity index (χ4v) is 1.46. The van der Waals surface area contributed by atoms with Crippen molar-refractivity contribution in [3.8, 4) is 0 Å². The van der Waals surface area contributed by atoms with E-state index in [1.807, 2.05) is 31.0 Å². The third kappa shape index (κ3) is 6.27. The SMILES string of the molecule is CCNC(=NCC(=O)N(C)C)N(C)Cc1ccco1.I. The van der Waals surface area contributed by atoms with Crippen molar-refractivity contribution in [2.24, 2.45) is 4.99 Å². The molecule has 0 spiro atoms. The van der Waals surface area contributed by atoms with E-state index in [0.717, 1.165) is 12.3 Å². The van der Waals surface area contributed by atoms with Gasteiger partial charge in [-0.2, -0.15) is 0 Å². The number of amides is 1. The minimum Gasteiger partial charge on any atom is -0.467 e. The molecule has 1 amide bonds. The molecule has 0 aliphatic rings. The molecule has 0 saturated heterocycles. The number of aliphatic imine (C=N–C) groups is 1. The minimum absolute atomic E-state index is 0. The van der Waals surface area contributed by atoms with Gasteiger partial charge in [-0.1, -0.05) is 0 Å². The van der Waals surface area contributed by atoms with Crippen LogP contribution < -0.4 is 5.32 Å². The molecule has 0 saturated carbocycles. The quantitative estimate of drug-likeness (QED) is 0.466. The van der Waals surface area contributed by atoms with Gasteiger partial charge in [0.2, 0.25) is 5.91 Å². The summed E-state index contributed by atoms with van der Waals surface area (Å²) in [7, 11) is 5.35. The summed E-state index contributed by atoms with van der Waals surface area (Å²) in [6, 6.07) is 3.76. The van der Waals surface area contributed by atoms with Crippen LogP contribution in [0.3, 0.4) is 0 Å². The van der Waals surface area contributed by atoms with Gasteiger partial charge in [0.1, 0.15) is 12.3 Å². The molecule has 0 aliphatic carbocycles. The first-order valence-electron chi connectivity index (χ1n) is 6.26. The molecule has 1 aromatic heterocycles. The van der Waals surface area contributed by atoms with E-state index in [9.17, 15) is 4.79 Å². The summed E-state index contributed by atoms with van der Waals surface area (Å²) in [4.78, 5) is 19.3. The van der Waals surface area contributed by atoms with Crippen LogP contribution in [0.15, 0.2) is 27.8 Å². The van der Waals surface area contributed by atoms with Crippen molar-refractivity contribution >= 4 is 35.8 Å². The lowest BCUT2D eigenvalue weighted by Gasteiger charge is -2.21. The Labute approximate surface area is 137 Å². The van der Waals surface area contributed by atoms with Gasteiger partial charge in [0.15, 0.2) is 5.96 Å². The number of halogens is 1. The number of hydrogen-bond donors (Lipinski definition) is 1. The largest absolute Gasteiger partial charge is 0.467 e. The smallest absolute Gasteiger partial charge is 0.243 e. The lowest BCUT2D eigenvalue weighted by Crippen LogP contribution is -2.39. The van der Waals surface area contributed by atoms with Gasteiger partial charge in [0.25, 0.3) is 0 Å². The molecule has 0 fully saturated rings. The van der Waals surface area contributed by atoms with Crippen LogP contribution >= 0.6 is 24.0 Å². The Kier molecular flexibility index (Phi) is 9.02. The predicted octanol–water partition coefficient (Wildman–Crippen LogP) is 1.38. The first-order chi connectivity index (χ1) is 9.04. The molecule has 7 heteroatoms. The summed E-state index contributed by atoms with van der Waals surface area (Å²) in [5.41, 5.74) is 0. The maximum absolute atomic E-state index is 11.5. The zero-order valence-corrected chi connectivity index (χ0v) is 14.8. The Hall–Kier alpha value is -1.25. The highest BCUT2D eigenvalue weighted by molar-refractivity contribution is 14.0. The van der Waals surface area contributed by atoms with Crippen molar-refractivity contribution in [3.05, 3.63) is 24.2 Å². The summed E-state index contributed by atoms with van der Waals surface area (Å²) in [6.07, 6.45) is 1.64. The highest BCUT2D eigenvalue weighted by Gasteiger charge is 2.09. The van der Waals surface area contributed by atoms with Crippen molar-refractivity contribution in [1.29, 1.82) is 0 Å². The molecule has 6 nitrogen and oxygen atoms in total. The number of carbonyl (C=O) groups excluding carboxylic acids is 1. The Morgan fingerprint density at radius 1 is 1.40 bits per heavy atom. The second-order valence-corrected chi connectivity index (χ2v) is 4.39. The Morgan fingerprint density at radius 2 is 2.10 bits per heavy atom. The van der Waals surface area contributed by atoms with E-state index in [2.05, 4.69) is 10.3 Å². The van der Waals surface area contributed by atoms with E-state index >= 15 is 0 Å². The fourth-order valence-electron chi connectivity index (χ4n) is 1.46. The average Bonchev–Trinajstić information content (AvgIpc) is 2.86. The van der Waals surface area contributed by atoms with E-state index < -0.39 is 0 Å². The molecule has 0 aromatic carbocycles. The Balaban J connectivity index is 0.00000361. The lowest BCUT2D eigenvalue weighted by molar-refractivity contribution is -0.127. The number of hydrogen-bond acceptors (Lipinski definition) is 3. The molecular formula is C13H23IN4O2. The second-order valence-electron chi connectivity index (χ2n) is 4.39. The number of likely N-dealkylation sites (N-methyl/N-ethyl adjacent to an activating group) is 1. The van der Waals surface area contributed by atoms with Crippen molar-refractivity contribution in [2.75, 3.05) is 34.2 Å². The Bertz CT molecular complexity index is 418. The molecule has 20 heavy (non-hydrogen) atoms. The third-order valence-corrected chi connectivity index (χ3v) is 2.53. The topological polar surface area (TPSA) is 61.1 Å². The van der Waals surface area contributed by atoms with Gasteiger partial charge in [0, 0.05) is 27.7 Å². The summed E-state index contributed by atoms with van der Waals surface area (Å²) < 4.78 is 5.30. The summed E-state index contributed by atoms with van der Waals surface area (Å²) in [5, 5.41) is 3.15. The van der Waals surface area contributed by atoms with Gasteiger partial charge in [-0.05, 0) is 19.1 Å². The zero-order valence-electron chi connectivity index (χ0n) is 12.4. The van der Waals surface area contributed by atoms with Gasteiger partial charge in [-0.15, -0.1) is 24.0 Å². The molecule has 1 N–H and O–H groups in total. The van der Waals surface area contributed by atoms with E-state index in [4.69, 9.17) is 4.42 Å². The maximum Gasteiger partial charge on any atom is 0.243 e. The van der Waals surface area contributed by atoms with Crippen LogP contribution in [0.4, 0.5) is 0 Å². The number of nitrogens with zero attached hydrogens (tertiary/aromatic N) is 3. The van der Waals surface area contributed by atoms with E-state index in [1.54, 1.807) is 20.4 Å². The molecule has 0 radical (unpaired) electrons. The number of carbonyl (C=O) groups is 1. The molecule has 0 aliphatic heterocycles. The van der Waals surface area contributed by atoms with Gasteiger partial charge in [-0.25, -0.2) is 4.99 Å². The van der Waals surface area contributed by atoms with Gasteiger partial charge in [-0.3, -0.25) is 4.79 Å². The molecule has 1 rings (SSSR count).